The van der Waals surface area contributed by atoms with Gasteiger partial charge in [-0.25, -0.2) is 9.59 Å². The topological polar surface area (TPSA) is 91.3 Å². The van der Waals surface area contributed by atoms with Crippen molar-refractivity contribution in [1.29, 1.82) is 0 Å². The number of nitrogens with zero attached hydrogens (tertiary/aromatic N) is 1. The van der Waals surface area contributed by atoms with Crippen LogP contribution >= 0.6 is 11.6 Å². The number of hydrogen-bond donors (Lipinski definition) is 3. The first-order valence-corrected chi connectivity index (χ1v) is 5.43. The van der Waals surface area contributed by atoms with Crippen molar-refractivity contribution in [3.05, 3.63) is 29.6 Å². The molecule has 0 saturated carbocycles. The fraction of sp³-hybridized carbons (Fsp3) is 0.300. The Bertz CT molecular complexity index is 412. The van der Waals surface area contributed by atoms with Crippen LogP contribution in [-0.4, -0.2) is 34.5 Å². The zero-order valence-electron chi connectivity index (χ0n) is 8.94. The number of urea groups is 1. The number of carbonyl (C=O) groups excluding carboxylic acids is 1. The maximum Gasteiger partial charge on any atom is 0.335 e. The molecule has 1 rings (SSSR count). The molecule has 0 bridgehead atoms. The van der Waals surface area contributed by atoms with Crippen molar-refractivity contribution in [3.63, 3.8) is 0 Å². The van der Waals surface area contributed by atoms with Gasteiger partial charge in [-0.05, 0) is 12.1 Å². The van der Waals surface area contributed by atoms with Crippen molar-refractivity contribution in [3.8, 4) is 0 Å². The van der Waals surface area contributed by atoms with Crippen molar-refractivity contribution in [1.82, 2.24) is 15.6 Å². The average molecular weight is 258 g/mol. The van der Waals surface area contributed by atoms with Crippen LogP contribution in [0.3, 0.4) is 0 Å². The molecule has 6 nitrogen and oxygen atoms in total. The highest BCUT2D eigenvalue weighted by Gasteiger charge is 2.05. The van der Waals surface area contributed by atoms with E-state index in [1.165, 1.54) is 18.3 Å². The first-order chi connectivity index (χ1) is 8.13. The lowest BCUT2D eigenvalue weighted by molar-refractivity contribution is 0.0696. The summed E-state index contributed by atoms with van der Waals surface area (Å²) in [4.78, 5) is 25.8. The summed E-state index contributed by atoms with van der Waals surface area (Å²) >= 11 is 5.40. The molecule has 7 heteroatoms. The minimum Gasteiger partial charge on any atom is -0.478 e. The third kappa shape index (κ3) is 4.69. The van der Waals surface area contributed by atoms with Gasteiger partial charge in [-0.2, -0.15) is 0 Å². The predicted molar refractivity (Wildman–Crippen MR) is 62.2 cm³/mol. The van der Waals surface area contributed by atoms with E-state index in [-0.39, 0.29) is 18.1 Å². The SMILES string of the molecule is O=C(NCCCl)NCc1cc(C(=O)O)ccn1. The molecule has 17 heavy (non-hydrogen) atoms. The van der Waals surface area contributed by atoms with Gasteiger partial charge < -0.3 is 15.7 Å². The molecular formula is C10H12ClN3O3. The molecule has 3 N–H and O–H groups in total. The van der Waals surface area contributed by atoms with Crippen LogP contribution in [0.5, 0.6) is 0 Å². The van der Waals surface area contributed by atoms with Gasteiger partial charge in [-0.1, -0.05) is 0 Å². The van der Waals surface area contributed by atoms with E-state index in [1.54, 1.807) is 0 Å². The van der Waals surface area contributed by atoms with Crippen molar-refractivity contribution < 1.29 is 14.7 Å². The lowest BCUT2D eigenvalue weighted by atomic mass is 10.2. The fourth-order valence-corrected chi connectivity index (χ4v) is 1.20. The number of pyridine rings is 1. The average Bonchev–Trinajstić information content (AvgIpc) is 2.34. The molecule has 92 valence electrons. The second-order valence-corrected chi connectivity index (χ2v) is 3.52. The molecule has 1 aromatic rings. The number of halogens is 1. The molecule has 0 radical (unpaired) electrons. The summed E-state index contributed by atoms with van der Waals surface area (Å²) < 4.78 is 0. The number of nitrogens with one attached hydrogen (secondary N) is 2. The van der Waals surface area contributed by atoms with E-state index in [2.05, 4.69) is 15.6 Å². The van der Waals surface area contributed by atoms with Crippen LogP contribution in [0.25, 0.3) is 0 Å². The van der Waals surface area contributed by atoms with Gasteiger partial charge in [0.15, 0.2) is 0 Å². The van der Waals surface area contributed by atoms with Gasteiger partial charge in [-0.3, -0.25) is 4.98 Å². The zero-order valence-corrected chi connectivity index (χ0v) is 9.70. The summed E-state index contributed by atoms with van der Waals surface area (Å²) in [6, 6.07) is 2.43. The van der Waals surface area contributed by atoms with E-state index in [0.717, 1.165) is 0 Å². The highest BCUT2D eigenvalue weighted by atomic mass is 35.5. The lowest BCUT2D eigenvalue weighted by Crippen LogP contribution is -2.36. The maximum atomic E-state index is 11.2. The van der Waals surface area contributed by atoms with Gasteiger partial charge in [0, 0.05) is 18.6 Å². The van der Waals surface area contributed by atoms with E-state index < -0.39 is 5.97 Å². The van der Waals surface area contributed by atoms with Crippen LogP contribution < -0.4 is 10.6 Å². The Labute approximate surface area is 103 Å². The van der Waals surface area contributed by atoms with Crippen LogP contribution in [0.15, 0.2) is 18.3 Å². The first-order valence-electron chi connectivity index (χ1n) is 4.89. The minimum absolute atomic E-state index is 0.137. The number of aromatic carboxylic acids is 1. The largest absolute Gasteiger partial charge is 0.478 e. The molecule has 1 heterocycles. The number of alkyl halides is 1. The number of aromatic nitrogens is 1. The number of hydrogen-bond acceptors (Lipinski definition) is 3. The van der Waals surface area contributed by atoms with Crippen molar-refractivity contribution in [2.45, 2.75) is 6.54 Å². The Morgan fingerprint density at radius 2 is 2.18 bits per heavy atom. The van der Waals surface area contributed by atoms with Crippen molar-refractivity contribution >= 4 is 23.6 Å². The summed E-state index contributed by atoms with van der Waals surface area (Å²) in [5.41, 5.74) is 0.615. The monoisotopic (exact) mass is 257 g/mol. The molecule has 0 aliphatic rings. The standard InChI is InChI=1S/C10H12ClN3O3/c11-2-4-13-10(17)14-6-8-5-7(9(15)16)1-3-12-8/h1,3,5H,2,4,6H2,(H,15,16)(H2,13,14,17). The summed E-state index contributed by atoms with van der Waals surface area (Å²) in [6.07, 6.45) is 1.39. The van der Waals surface area contributed by atoms with Crippen LogP contribution in [0.1, 0.15) is 16.1 Å². The predicted octanol–water partition coefficient (Wildman–Crippen LogP) is 0.818. The molecule has 0 atom stereocenters. The number of carboxylic acids is 1. The summed E-state index contributed by atoms with van der Waals surface area (Å²) in [5, 5.41) is 13.8. The van der Waals surface area contributed by atoms with Gasteiger partial charge >= 0.3 is 12.0 Å². The summed E-state index contributed by atoms with van der Waals surface area (Å²) in [7, 11) is 0. The number of carboxylic acid groups (broad SMARTS) is 1. The Morgan fingerprint density at radius 1 is 1.41 bits per heavy atom. The van der Waals surface area contributed by atoms with E-state index in [1.807, 2.05) is 0 Å². The third-order valence-electron chi connectivity index (χ3n) is 1.87. The molecule has 1 aromatic heterocycles. The van der Waals surface area contributed by atoms with Gasteiger partial charge in [0.05, 0.1) is 17.8 Å². The van der Waals surface area contributed by atoms with E-state index >= 15 is 0 Å². The molecule has 0 aromatic carbocycles. The van der Waals surface area contributed by atoms with Gasteiger partial charge in [0.1, 0.15) is 0 Å². The van der Waals surface area contributed by atoms with Gasteiger partial charge in [0.2, 0.25) is 0 Å². The number of rotatable bonds is 5. The molecule has 0 spiro atoms. The second kappa shape index (κ2) is 6.70. The molecule has 0 saturated heterocycles. The molecule has 2 amide bonds. The van der Waals surface area contributed by atoms with Crippen LogP contribution in [-0.2, 0) is 6.54 Å². The van der Waals surface area contributed by atoms with Crippen LogP contribution in [0, 0.1) is 0 Å². The molecule has 0 aliphatic carbocycles. The van der Waals surface area contributed by atoms with E-state index in [0.29, 0.717) is 18.1 Å². The normalized spacial score (nSPS) is 9.71. The molecule has 0 fully saturated rings. The van der Waals surface area contributed by atoms with Gasteiger partial charge in [0.25, 0.3) is 0 Å². The third-order valence-corrected chi connectivity index (χ3v) is 2.06. The summed E-state index contributed by atoms with van der Waals surface area (Å²) in [6.45, 7) is 0.533. The van der Waals surface area contributed by atoms with Gasteiger partial charge in [-0.15, -0.1) is 11.6 Å². The second-order valence-electron chi connectivity index (χ2n) is 3.14. The first kappa shape index (κ1) is 13.2. The Balaban J connectivity index is 2.49. The number of amides is 2. The van der Waals surface area contributed by atoms with Crippen LogP contribution in [0.2, 0.25) is 0 Å². The Morgan fingerprint density at radius 3 is 2.82 bits per heavy atom. The molecule has 0 aliphatic heterocycles. The maximum absolute atomic E-state index is 11.2. The Hall–Kier alpha value is -1.82. The molecular weight excluding hydrogens is 246 g/mol. The highest BCUT2D eigenvalue weighted by molar-refractivity contribution is 6.18. The fourth-order valence-electron chi connectivity index (χ4n) is 1.10. The highest BCUT2D eigenvalue weighted by Crippen LogP contribution is 2.01. The quantitative estimate of drug-likeness (QED) is 0.681. The lowest BCUT2D eigenvalue weighted by Gasteiger charge is -2.06. The van der Waals surface area contributed by atoms with E-state index in [4.69, 9.17) is 16.7 Å². The smallest absolute Gasteiger partial charge is 0.335 e. The summed E-state index contributed by atoms with van der Waals surface area (Å²) in [5.74, 6) is -0.694. The van der Waals surface area contributed by atoms with E-state index in [9.17, 15) is 9.59 Å². The zero-order chi connectivity index (χ0) is 12.7. The van der Waals surface area contributed by atoms with Crippen LogP contribution in [0.4, 0.5) is 4.79 Å². The minimum atomic E-state index is -1.03. The Kier molecular flexibility index (Phi) is 5.22. The number of carbonyl (C=O) groups is 2. The molecule has 0 unspecified atom stereocenters. The van der Waals surface area contributed by atoms with Crippen molar-refractivity contribution in [2.24, 2.45) is 0 Å². The van der Waals surface area contributed by atoms with Crippen molar-refractivity contribution in [2.75, 3.05) is 12.4 Å².